The van der Waals surface area contributed by atoms with Crippen LogP contribution >= 0.6 is 0 Å². The van der Waals surface area contributed by atoms with Crippen LogP contribution in [0, 0.1) is 5.92 Å². The second kappa shape index (κ2) is 7.12. The van der Waals surface area contributed by atoms with Gasteiger partial charge in [-0.25, -0.2) is 0 Å². The summed E-state index contributed by atoms with van der Waals surface area (Å²) in [7, 11) is 0. The molecule has 1 aliphatic carbocycles. The lowest BCUT2D eigenvalue weighted by Crippen LogP contribution is -2.37. The van der Waals surface area contributed by atoms with Gasteiger partial charge in [-0.2, -0.15) is 0 Å². The Hall–Kier alpha value is -1.02. The van der Waals surface area contributed by atoms with Gasteiger partial charge in [0, 0.05) is 24.3 Å². The highest BCUT2D eigenvalue weighted by Crippen LogP contribution is 2.33. The molecule has 112 valence electrons. The van der Waals surface area contributed by atoms with Crippen LogP contribution in [0.2, 0.25) is 0 Å². The first-order valence-electron chi connectivity index (χ1n) is 8.24. The van der Waals surface area contributed by atoms with Crippen LogP contribution in [0.1, 0.15) is 64.5 Å². The molecule has 0 spiro atoms. The van der Waals surface area contributed by atoms with Crippen LogP contribution in [-0.4, -0.2) is 12.6 Å². The molecule has 2 rings (SSSR count). The van der Waals surface area contributed by atoms with Gasteiger partial charge in [-0.05, 0) is 36.8 Å². The van der Waals surface area contributed by atoms with Crippen LogP contribution in [-0.2, 0) is 0 Å². The van der Waals surface area contributed by atoms with Crippen LogP contribution in [0.25, 0.3) is 0 Å². The molecule has 1 aromatic carbocycles. The van der Waals surface area contributed by atoms with Gasteiger partial charge in [-0.1, -0.05) is 51.8 Å². The van der Waals surface area contributed by atoms with Crippen molar-refractivity contribution in [3.05, 3.63) is 29.8 Å². The Kier molecular flexibility index (Phi) is 5.47. The number of hydrogen-bond donors (Lipinski definition) is 1. The highest BCUT2D eigenvalue weighted by Gasteiger charge is 2.25. The summed E-state index contributed by atoms with van der Waals surface area (Å²) in [6.45, 7) is 7.93. The van der Waals surface area contributed by atoms with Crippen molar-refractivity contribution >= 4 is 5.69 Å². The summed E-state index contributed by atoms with van der Waals surface area (Å²) in [6.07, 6.45) is 6.42. The molecular formula is C18H30N2. The van der Waals surface area contributed by atoms with E-state index >= 15 is 0 Å². The average molecular weight is 274 g/mol. The Morgan fingerprint density at radius 1 is 1.20 bits per heavy atom. The molecule has 0 unspecified atom stereocenters. The molecule has 2 N–H and O–H groups in total. The van der Waals surface area contributed by atoms with Crippen LogP contribution in [0.3, 0.4) is 0 Å². The first-order chi connectivity index (χ1) is 9.63. The molecule has 0 aliphatic heterocycles. The molecule has 0 saturated heterocycles. The zero-order chi connectivity index (χ0) is 14.5. The fraction of sp³-hybridized carbons (Fsp3) is 0.667. The van der Waals surface area contributed by atoms with Crippen molar-refractivity contribution in [1.82, 2.24) is 0 Å². The maximum absolute atomic E-state index is 6.34. The summed E-state index contributed by atoms with van der Waals surface area (Å²) in [5.74, 6) is 0.682. The van der Waals surface area contributed by atoms with Crippen molar-refractivity contribution in [2.24, 2.45) is 11.7 Å². The van der Waals surface area contributed by atoms with Gasteiger partial charge in [-0.3, -0.25) is 0 Å². The molecule has 0 aromatic heterocycles. The standard InChI is InChI=1S/C18H30N2/c1-4-17(19)16-11-7-8-12-18(16)20(13-14(2)3)15-9-5-6-10-15/h7-8,11-12,14-15,17H,4-6,9-10,13,19H2,1-3H3/t17-/m1/s1. The summed E-state index contributed by atoms with van der Waals surface area (Å²) in [5.41, 5.74) is 9.03. The van der Waals surface area contributed by atoms with E-state index in [9.17, 15) is 0 Å². The van der Waals surface area contributed by atoms with Crippen molar-refractivity contribution in [2.75, 3.05) is 11.4 Å². The third-order valence-electron chi connectivity index (χ3n) is 4.41. The largest absolute Gasteiger partial charge is 0.368 e. The zero-order valence-electron chi connectivity index (χ0n) is 13.3. The lowest BCUT2D eigenvalue weighted by Gasteiger charge is -2.35. The van der Waals surface area contributed by atoms with Crippen molar-refractivity contribution < 1.29 is 0 Å². The van der Waals surface area contributed by atoms with Gasteiger partial charge in [-0.15, -0.1) is 0 Å². The van der Waals surface area contributed by atoms with Crippen molar-refractivity contribution in [3.8, 4) is 0 Å². The van der Waals surface area contributed by atoms with Crippen molar-refractivity contribution in [3.63, 3.8) is 0 Å². The summed E-state index contributed by atoms with van der Waals surface area (Å²) in [5, 5.41) is 0. The first-order valence-corrected chi connectivity index (χ1v) is 8.24. The predicted octanol–water partition coefficient (Wildman–Crippen LogP) is 4.50. The molecular weight excluding hydrogens is 244 g/mol. The fourth-order valence-electron chi connectivity index (χ4n) is 3.34. The van der Waals surface area contributed by atoms with Crippen LogP contribution < -0.4 is 10.6 Å². The first kappa shape index (κ1) is 15.4. The number of nitrogens with zero attached hydrogens (tertiary/aromatic N) is 1. The molecule has 0 bridgehead atoms. The number of nitrogens with two attached hydrogens (primary N) is 1. The maximum Gasteiger partial charge on any atom is 0.0417 e. The highest BCUT2D eigenvalue weighted by atomic mass is 15.2. The van der Waals surface area contributed by atoms with Gasteiger partial charge >= 0.3 is 0 Å². The van der Waals surface area contributed by atoms with Gasteiger partial charge < -0.3 is 10.6 Å². The Bertz CT molecular complexity index is 408. The fourth-order valence-corrected chi connectivity index (χ4v) is 3.34. The van der Waals surface area contributed by atoms with E-state index in [4.69, 9.17) is 5.73 Å². The molecule has 2 nitrogen and oxygen atoms in total. The quantitative estimate of drug-likeness (QED) is 0.827. The molecule has 0 radical (unpaired) electrons. The molecule has 0 heterocycles. The van der Waals surface area contributed by atoms with E-state index in [0.29, 0.717) is 12.0 Å². The molecule has 1 atom stereocenters. The SMILES string of the molecule is CC[C@@H](N)c1ccccc1N(CC(C)C)C1CCCC1. The highest BCUT2D eigenvalue weighted by molar-refractivity contribution is 5.56. The molecule has 0 amide bonds. The lowest BCUT2D eigenvalue weighted by atomic mass is 10.00. The normalized spacial score (nSPS) is 17.6. The van der Waals surface area contributed by atoms with Crippen molar-refractivity contribution in [2.45, 2.75) is 65.0 Å². The average Bonchev–Trinajstić information content (AvgIpc) is 2.97. The third-order valence-corrected chi connectivity index (χ3v) is 4.41. The van der Waals surface area contributed by atoms with Gasteiger partial charge in [0.25, 0.3) is 0 Å². The van der Waals surface area contributed by atoms with E-state index in [1.807, 2.05) is 0 Å². The van der Waals surface area contributed by atoms with E-state index in [0.717, 1.165) is 13.0 Å². The lowest BCUT2D eigenvalue weighted by molar-refractivity contribution is 0.531. The topological polar surface area (TPSA) is 29.3 Å². The van der Waals surface area contributed by atoms with Gasteiger partial charge in [0.15, 0.2) is 0 Å². The number of benzene rings is 1. The van der Waals surface area contributed by atoms with Crippen LogP contribution in [0.15, 0.2) is 24.3 Å². The Labute approximate surface area is 124 Å². The minimum Gasteiger partial charge on any atom is -0.368 e. The molecule has 1 aromatic rings. The molecule has 20 heavy (non-hydrogen) atoms. The van der Waals surface area contributed by atoms with Gasteiger partial charge in [0.2, 0.25) is 0 Å². The molecule has 1 aliphatic rings. The van der Waals surface area contributed by atoms with Gasteiger partial charge in [0.05, 0.1) is 0 Å². The number of rotatable bonds is 6. The van der Waals surface area contributed by atoms with Crippen molar-refractivity contribution in [1.29, 1.82) is 0 Å². The Morgan fingerprint density at radius 3 is 2.45 bits per heavy atom. The smallest absolute Gasteiger partial charge is 0.0417 e. The minimum atomic E-state index is 0.155. The van der Waals surface area contributed by atoms with E-state index in [1.54, 1.807) is 0 Å². The van der Waals surface area contributed by atoms with Gasteiger partial charge in [0.1, 0.15) is 0 Å². The van der Waals surface area contributed by atoms with E-state index in [-0.39, 0.29) is 6.04 Å². The summed E-state index contributed by atoms with van der Waals surface area (Å²) >= 11 is 0. The summed E-state index contributed by atoms with van der Waals surface area (Å²) in [4.78, 5) is 2.64. The van der Waals surface area contributed by atoms with Crippen LogP contribution in [0.5, 0.6) is 0 Å². The summed E-state index contributed by atoms with van der Waals surface area (Å²) in [6, 6.07) is 9.63. The Balaban J connectivity index is 2.32. The number of hydrogen-bond acceptors (Lipinski definition) is 2. The number of para-hydroxylation sites is 1. The third kappa shape index (κ3) is 3.54. The molecule has 1 saturated carbocycles. The van der Waals surface area contributed by atoms with E-state index in [1.165, 1.54) is 36.9 Å². The Morgan fingerprint density at radius 2 is 1.85 bits per heavy atom. The molecule has 2 heteroatoms. The second-order valence-corrected chi connectivity index (χ2v) is 6.56. The maximum atomic E-state index is 6.34. The monoisotopic (exact) mass is 274 g/mol. The number of anilines is 1. The predicted molar refractivity (Wildman–Crippen MR) is 88.1 cm³/mol. The summed E-state index contributed by atoms with van der Waals surface area (Å²) < 4.78 is 0. The van der Waals surface area contributed by atoms with E-state index < -0.39 is 0 Å². The van der Waals surface area contributed by atoms with E-state index in [2.05, 4.69) is 49.9 Å². The minimum absolute atomic E-state index is 0.155. The second-order valence-electron chi connectivity index (χ2n) is 6.56. The van der Waals surface area contributed by atoms with Crippen LogP contribution in [0.4, 0.5) is 5.69 Å². The zero-order valence-corrected chi connectivity index (χ0v) is 13.3. The molecule has 1 fully saturated rings.